The molecular weight excluding hydrogens is 138 g/mol. The van der Waals surface area contributed by atoms with Crippen LogP contribution in [-0.4, -0.2) is 23.1 Å². The lowest BCUT2D eigenvalue weighted by Crippen LogP contribution is -2.37. The Labute approximate surface area is 66.1 Å². The van der Waals surface area contributed by atoms with Gasteiger partial charge in [-0.05, 0) is 13.3 Å². The second-order valence-electron chi connectivity index (χ2n) is 2.86. The van der Waals surface area contributed by atoms with Gasteiger partial charge in [-0.25, -0.2) is 4.98 Å². The van der Waals surface area contributed by atoms with Crippen molar-refractivity contribution in [2.45, 2.75) is 13.3 Å². The van der Waals surface area contributed by atoms with E-state index >= 15 is 0 Å². The Morgan fingerprint density at radius 3 is 2.73 bits per heavy atom. The molecule has 2 rings (SSSR count). The van der Waals surface area contributed by atoms with E-state index in [2.05, 4.69) is 14.9 Å². The first-order chi connectivity index (χ1) is 5.36. The Hall–Kier alpha value is -1.12. The maximum absolute atomic E-state index is 4.36. The van der Waals surface area contributed by atoms with Gasteiger partial charge in [-0.15, -0.1) is 0 Å². The summed E-state index contributed by atoms with van der Waals surface area (Å²) in [5, 5.41) is 0. The molecule has 2 heterocycles. The van der Waals surface area contributed by atoms with Crippen LogP contribution < -0.4 is 4.90 Å². The van der Waals surface area contributed by atoms with Crippen LogP contribution in [0.5, 0.6) is 0 Å². The Morgan fingerprint density at radius 1 is 1.36 bits per heavy atom. The SMILES string of the molecule is Cc1cncc(N2CCC2)n1. The van der Waals surface area contributed by atoms with Gasteiger partial charge in [0.1, 0.15) is 5.82 Å². The fourth-order valence-electron chi connectivity index (χ4n) is 1.15. The van der Waals surface area contributed by atoms with Crippen LogP contribution in [0.1, 0.15) is 12.1 Å². The highest BCUT2D eigenvalue weighted by Gasteiger charge is 2.15. The summed E-state index contributed by atoms with van der Waals surface area (Å²) >= 11 is 0. The lowest BCUT2D eigenvalue weighted by molar-refractivity contribution is 0.607. The van der Waals surface area contributed by atoms with Crippen LogP contribution in [0.25, 0.3) is 0 Å². The average Bonchev–Trinajstić information content (AvgIpc) is 1.83. The van der Waals surface area contributed by atoms with E-state index in [1.165, 1.54) is 6.42 Å². The van der Waals surface area contributed by atoms with Gasteiger partial charge in [-0.2, -0.15) is 0 Å². The first-order valence-electron chi connectivity index (χ1n) is 3.90. The van der Waals surface area contributed by atoms with Gasteiger partial charge in [-0.3, -0.25) is 4.98 Å². The molecule has 0 atom stereocenters. The smallest absolute Gasteiger partial charge is 0.147 e. The van der Waals surface area contributed by atoms with Crippen molar-refractivity contribution in [2.75, 3.05) is 18.0 Å². The van der Waals surface area contributed by atoms with Crippen molar-refractivity contribution in [3.63, 3.8) is 0 Å². The van der Waals surface area contributed by atoms with Crippen molar-refractivity contribution in [1.29, 1.82) is 0 Å². The van der Waals surface area contributed by atoms with Gasteiger partial charge >= 0.3 is 0 Å². The monoisotopic (exact) mass is 149 g/mol. The number of aryl methyl sites for hydroxylation is 1. The van der Waals surface area contributed by atoms with Crippen LogP contribution >= 0.6 is 0 Å². The van der Waals surface area contributed by atoms with Crippen LogP contribution in [-0.2, 0) is 0 Å². The van der Waals surface area contributed by atoms with Crippen molar-refractivity contribution in [3.8, 4) is 0 Å². The number of anilines is 1. The van der Waals surface area contributed by atoms with Gasteiger partial charge in [0.25, 0.3) is 0 Å². The third-order valence-corrected chi connectivity index (χ3v) is 1.92. The second-order valence-corrected chi connectivity index (χ2v) is 2.86. The highest BCUT2D eigenvalue weighted by atomic mass is 15.2. The van der Waals surface area contributed by atoms with Crippen LogP contribution in [0, 0.1) is 6.92 Å². The molecular formula is C8H11N3. The van der Waals surface area contributed by atoms with Crippen molar-refractivity contribution in [2.24, 2.45) is 0 Å². The molecule has 0 spiro atoms. The predicted molar refractivity (Wildman–Crippen MR) is 43.6 cm³/mol. The van der Waals surface area contributed by atoms with Gasteiger partial charge in [0.15, 0.2) is 0 Å². The highest BCUT2D eigenvalue weighted by Crippen LogP contribution is 2.16. The molecule has 3 heteroatoms. The molecule has 11 heavy (non-hydrogen) atoms. The largest absolute Gasteiger partial charge is 0.355 e. The first kappa shape index (κ1) is 6.58. The van der Waals surface area contributed by atoms with E-state index in [0.717, 1.165) is 24.6 Å². The molecule has 0 saturated carbocycles. The van der Waals surface area contributed by atoms with E-state index in [9.17, 15) is 0 Å². The number of nitrogens with zero attached hydrogens (tertiary/aromatic N) is 3. The molecule has 1 aromatic rings. The van der Waals surface area contributed by atoms with Crippen LogP contribution in [0.4, 0.5) is 5.82 Å². The first-order valence-corrected chi connectivity index (χ1v) is 3.90. The Morgan fingerprint density at radius 2 is 2.18 bits per heavy atom. The summed E-state index contributed by atoms with van der Waals surface area (Å²) in [7, 11) is 0. The van der Waals surface area contributed by atoms with Crippen molar-refractivity contribution in [3.05, 3.63) is 18.1 Å². The number of aromatic nitrogens is 2. The van der Waals surface area contributed by atoms with Gasteiger partial charge in [0.2, 0.25) is 0 Å². The van der Waals surface area contributed by atoms with Crippen molar-refractivity contribution >= 4 is 5.82 Å². The van der Waals surface area contributed by atoms with E-state index in [1.54, 1.807) is 6.20 Å². The second kappa shape index (κ2) is 2.49. The summed E-state index contributed by atoms with van der Waals surface area (Å²) in [5.41, 5.74) is 0.995. The molecule has 1 saturated heterocycles. The number of hydrogen-bond acceptors (Lipinski definition) is 3. The normalized spacial score (nSPS) is 16.3. The molecule has 1 fully saturated rings. The quantitative estimate of drug-likeness (QED) is 0.596. The maximum atomic E-state index is 4.36. The highest BCUT2D eigenvalue weighted by molar-refractivity contribution is 5.38. The van der Waals surface area contributed by atoms with E-state index in [1.807, 2.05) is 13.1 Å². The molecule has 0 radical (unpaired) electrons. The minimum Gasteiger partial charge on any atom is -0.355 e. The molecule has 0 aromatic carbocycles. The van der Waals surface area contributed by atoms with Crippen molar-refractivity contribution < 1.29 is 0 Å². The minimum atomic E-state index is 0.995. The molecule has 3 nitrogen and oxygen atoms in total. The summed E-state index contributed by atoms with van der Waals surface area (Å²) in [4.78, 5) is 10.7. The molecule has 0 amide bonds. The number of hydrogen-bond donors (Lipinski definition) is 0. The molecule has 0 N–H and O–H groups in total. The third-order valence-electron chi connectivity index (χ3n) is 1.92. The van der Waals surface area contributed by atoms with E-state index in [4.69, 9.17) is 0 Å². The van der Waals surface area contributed by atoms with E-state index < -0.39 is 0 Å². The van der Waals surface area contributed by atoms with Crippen molar-refractivity contribution in [1.82, 2.24) is 9.97 Å². The van der Waals surface area contributed by atoms with Crippen LogP contribution in [0.15, 0.2) is 12.4 Å². The average molecular weight is 149 g/mol. The zero-order valence-electron chi connectivity index (χ0n) is 6.62. The van der Waals surface area contributed by atoms with Crippen LogP contribution in [0.2, 0.25) is 0 Å². The van der Waals surface area contributed by atoms with Gasteiger partial charge in [-0.1, -0.05) is 0 Å². The molecule has 1 aliphatic rings. The molecule has 58 valence electrons. The molecule has 0 bridgehead atoms. The van der Waals surface area contributed by atoms with Gasteiger partial charge < -0.3 is 4.90 Å². The lowest BCUT2D eigenvalue weighted by atomic mass is 10.2. The fourth-order valence-corrected chi connectivity index (χ4v) is 1.15. The van der Waals surface area contributed by atoms with Gasteiger partial charge in [0.05, 0.1) is 11.9 Å². The van der Waals surface area contributed by atoms with E-state index in [0.29, 0.717) is 0 Å². The minimum absolute atomic E-state index is 0.995. The number of rotatable bonds is 1. The molecule has 1 aliphatic heterocycles. The van der Waals surface area contributed by atoms with Crippen LogP contribution in [0.3, 0.4) is 0 Å². The summed E-state index contributed by atoms with van der Waals surface area (Å²) in [6, 6.07) is 0. The maximum Gasteiger partial charge on any atom is 0.147 e. The molecule has 0 aliphatic carbocycles. The predicted octanol–water partition coefficient (Wildman–Crippen LogP) is 0.995. The zero-order valence-corrected chi connectivity index (χ0v) is 6.62. The standard InChI is InChI=1S/C8H11N3/c1-7-5-9-6-8(10-7)11-3-2-4-11/h5-6H,2-4H2,1H3. The summed E-state index contributed by atoms with van der Waals surface area (Å²) in [5.74, 6) is 1.02. The molecule has 0 unspecified atom stereocenters. The van der Waals surface area contributed by atoms with Gasteiger partial charge in [0, 0.05) is 19.3 Å². The third kappa shape index (κ3) is 1.18. The Bertz CT molecular complexity index is 255. The summed E-state index contributed by atoms with van der Waals surface area (Å²) in [6.07, 6.45) is 4.89. The summed E-state index contributed by atoms with van der Waals surface area (Å²) in [6.45, 7) is 4.24. The Balaban J connectivity index is 2.23. The molecule has 1 aromatic heterocycles. The van der Waals surface area contributed by atoms with E-state index in [-0.39, 0.29) is 0 Å². The summed E-state index contributed by atoms with van der Waals surface area (Å²) < 4.78 is 0. The zero-order chi connectivity index (χ0) is 7.68. The fraction of sp³-hybridized carbons (Fsp3) is 0.500. The Kier molecular flexibility index (Phi) is 1.49. The topological polar surface area (TPSA) is 29.0 Å². The lowest BCUT2D eigenvalue weighted by Gasteiger charge is -2.31.